The number of sulfonamides is 1. The van der Waals surface area contributed by atoms with E-state index in [4.69, 9.17) is 5.11 Å². The van der Waals surface area contributed by atoms with Crippen molar-refractivity contribution in [1.29, 1.82) is 0 Å². The number of aromatic nitrogens is 2. The molecule has 2 rings (SSSR count). The summed E-state index contributed by atoms with van der Waals surface area (Å²) in [7, 11) is -2.09. The Morgan fingerprint density at radius 2 is 2.19 bits per heavy atom. The maximum Gasteiger partial charge on any atom is 0.328 e. The maximum absolute atomic E-state index is 12.1. The van der Waals surface area contributed by atoms with Crippen LogP contribution in [0.25, 0.3) is 6.08 Å². The molecule has 1 heterocycles. The van der Waals surface area contributed by atoms with Gasteiger partial charge in [-0.2, -0.15) is 5.10 Å². The zero-order valence-corrected chi connectivity index (χ0v) is 11.9. The number of benzene rings is 1. The Balaban J connectivity index is 2.23. The van der Waals surface area contributed by atoms with Crippen molar-refractivity contribution in [2.45, 2.75) is 4.90 Å². The quantitative estimate of drug-likeness (QED) is 0.811. The molecule has 0 saturated carbocycles. The Bertz CT molecular complexity index is 793. The van der Waals surface area contributed by atoms with Gasteiger partial charge in [-0.05, 0) is 23.8 Å². The van der Waals surface area contributed by atoms with Crippen LogP contribution in [-0.2, 0) is 21.9 Å². The van der Waals surface area contributed by atoms with E-state index in [9.17, 15) is 13.2 Å². The van der Waals surface area contributed by atoms with Gasteiger partial charge in [-0.25, -0.2) is 13.2 Å². The number of hydrogen-bond donors (Lipinski definition) is 2. The minimum absolute atomic E-state index is 0.0523. The van der Waals surface area contributed by atoms with Crippen molar-refractivity contribution in [1.82, 2.24) is 9.78 Å². The maximum atomic E-state index is 12.1. The highest BCUT2D eigenvalue weighted by molar-refractivity contribution is 7.92. The van der Waals surface area contributed by atoms with E-state index in [2.05, 4.69) is 9.82 Å². The number of nitrogens with zero attached hydrogens (tertiary/aromatic N) is 2. The van der Waals surface area contributed by atoms with E-state index in [-0.39, 0.29) is 4.90 Å². The lowest BCUT2D eigenvalue weighted by Crippen LogP contribution is -2.12. The van der Waals surface area contributed by atoms with Crippen LogP contribution in [-0.4, -0.2) is 29.3 Å². The van der Waals surface area contributed by atoms with Crippen LogP contribution in [0.4, 0.5) is 5.69 Å². The fourth-order valence-corrected chi connectivity index (χ4v) is 2.66. The molecule has 0 fully saturated rings. The van der Waals surface area contributed by atoms with Crippen LogP contribution < -0.4 is 4.72 Å². The third-order valence-corrected chi connectivity index (χ3v) is 3.88. The van der Waals surface area contributed by atoms with E-state index in [1.54, 1.807) is 25.2 Å². The second kappa shape index (κ2) is 5.80. The van der Waals surface area contributed by atoms with E-state index >= 15 is 0 Å². The minimum Gasteiger partial charge on any atom is -0.478 e. The normalized spacial score (nSPS) is 11.7. The standard InChI is InChI=1S/C13H13N3O4S/c1-16-9-12(8-14-16)21(19,20)15-11-4-2-3-10(7-11)5-6-13(17)18/h2-9,15H,1H3,(H,17,18)/b6-5+. The van der Waals surface area contributed by atoms with E-state index < -0.39 is 16.0 Å². The predicted molar refractivity (Wildman–Crippen MR) is 77.1 cm³/mol. The monoisotopic (exact) mass is 307 g/mol. The minimum atomic E-state index is -3.71. The van der Waals surface area contributed by atoms with Crippen molar-refractivity contribution in [2.75, 3.05) is 4.72 Å². The lowest BCUT2D eigenvalue weighted by molar-refractivity contribution is -0.131. The summed E-state index contributed by atoms with van der Waals surface area (Å²) < 4.78 is 28.0. The molecule has 1 aromatic heterocycles. The Hall–Kier alpha value is -2.61. The zero-order valence-electron chi connectivity index (χ0n) is 11.1. The van der Waals surface area contributed by atoms with E-state index in [0.29, 0.717) is 11.3 Å². The van der Waals surface area contributed by atoms with Crippen molar-refractivity contribution >= 4 is 27.8 Å². The van der Waals surface area contributed by atoms with Gasteiger partial charge in [0, 0.05) is 25.0 Å². The number of hydrogen-bond acceptors (Lipinski definition) is 4. The first-order chi connectivity index (χ1) is 9.87. The number of carbonyl (C=O) groups is 1. The fourth-order valence-electron chi connectivity index (χ4n) is 1.62. The lowest BCUT2D eigenvalue weighted by atomic mass is 10.2. The smallest absolute Gasteiger partial charge is 0.328 e. The Kier molecular flexibility index (Phi) is 4.08. The molecule has 0 radical (unpaired) electrons. The molecule has 0 saturated heterocycles. The van der Waals surface area contributed by atoms with Gasteiger partial charge >= 0.3 is 5.97 Å². The number of carboxylic acid groups (broad SMARTS) is 1. The Morgan fingerprint density at radius 3 is 2.81 bits per heavy atom. The van der Waals surface area contributed by atoms with Gasteiger partial charge < -0.3 is 5.11 Å². The first-order valence-corrected chi connectivity index (χ1v) is 7.38. The lowest BCUT2D eigenvalue weighted by Gasteiger charge is -2.06. The molecule has 0 aliphatic rings. The number of carboxylic acids is 1. The van der Waals surface area contributed by atoms with Crippen molar-refractivity contribution < 1.29 is 18.3 Å². The number of aryl methyl sites for hydroxylation is 1. The molecule has 2 N–H and O–H groups in total. The summed E-state index contributed by atoms with van der Waals surface area (Å²) in [4.78, 5) is 10.5. The molecule has 7 nitrogen and oxygen atoms in total. The van der Waals surface area contributed by atoms with Crippen molar-refractivity contribution in [2.24, 2.45) is 7.05 Å². The first-order valence-electron chi connectivity index (χ1n) is 5.89. The molecule has 1 aromatic carbocycles. The molecule has 110 valence electrons. The van der Waals surface area contributed by atoms with Crippen LogP contribution in [0.15, 0.2) is 47.6 Å². The summed E-state index contributed by atoms with van der Waals surface area (Å²) in [6.45, 7) is 0. The average Bonchev–Trinajstić information content (AvgIpc) is 2.84. The van der Waals surface area contributed by atoms with Gasteiger partial charge in [0.2, 0.25) is 0 Å². The van der Waals surface area contributed by atoms with E-state index in [0.717, 1.165) is 6.08 Å². The van der Waals surface area contributed by atoms with Gasteiger partial charge in [-0.3, -0.25) is 9.40 Å². The molecule has 21 heavy (non-hydrogen) atoms. The highest BCUT2D eigenvalue weighted by Gasteiger charge is 2.16. The third-order valence-electron chi connectivity index (χ3n) is 2.55. The van der Waals surface area contributed by atoms with Gasteiger partial charge in [-0.15, -0.1) is 0 Å². The highest BCUT2D eigenvalue weighted by atomic mass is 32.2. The summed E-state index contributed by atoms with van der Waals surface area (Å²) in [5, 5.41) is 12.4. The molecular weight excluding hydrogens is 294 g/mol. The second-order valence-corrected chi connectivity index (χ2v) is 5.93. The molecule has 8 heteroatoms. The zero-order chi connectivity index (χ0) is 15.5. The van der Waals surface area contributed by atoms with Crippen LogP contribution >= 0.6 is 0 Å². The molecule has 2 aromatic rings. The van der Waals surface area contributed by atoms with Crippen LogP contribution in [0.1, 0.15) is 5.56 Å². The molecule has 0 aliphatic carbocycles. The van der Waals surface area contributed by atoms with E-state index in [1.807, 2.05) is 0 Å². The first kappa shape index (κ1) is 14.8. The number of aliphatic carboxylic acids is 1. The van der Waals surface area contributed by atoms with E-state index in [1.165, 1.54) is 29.2 Å². The molecule has 0 atom stereocenters. The fraction of sp³-hybridized carbons (Fsp3) is 0.0769. The molecule has 0 aliphatic heterocycles. The van der Waals surface area contributed by atoms with Gasteiger partial charge in [0.05, 0.1) is 6.20 Å². The molecule has 0 unspecified atom stereocenters. The van der Waals surface area contributed by atoms with Crippen molar-refractivity contribution in [3.8, 4) is 0 Å². The number of nitrogens with one attached hydrogen (secondary N) is 1. The van der Waals surface area contributed by atoms with Crippen LogP contribution in [0.5, 0.6) is 0 Å². The Morgan fingerprint density at radius 1 is 1.43 bits per heavy atom. The summed E-state index contributed by atoms with van der Waals surface area (Å²) in [6.07, 6.45) is 4.99. The van der Waals surface area contributed by atoms with Crippen molar-refractivity contribution in [3.05, 3.63) is 48.3 Å². The van der Waals surface area contributed by atoms with Gasteiger partial charge in [0.1, 0.15) is 4.90 Å². The molecule has 0 bridgehead atoms. The van der Waals surface area contributed by atoms with Gasteiger partial charge in [0.15, 0.2) is 0 Å². The van der Waals surface area contributed by atoms with Gasteiger partial charge in [0.25, 0.3) is 10.0 Å². The number of anilines is 1. The summed E-state index contributed by atoms with van der Waals surface area (Å²) >= 11 is 0. The summed E-state index contributed by atoms with van der Waals surface area (Å²) in [5.74, 6) is -1.07. The van der Waals surface area contributed by atoms with Crippen molar-refractivity contribution in [3.63, 3.8) is 0 Å². The highest BCUT2D eigenvalue weighted by Crippen LogP contribution is 2.17. The molecule has 0 spiro atoms. The summed E-state index contributed by atoms with van der Waals surface area (Å²) in [5.41, 5.74) is 0.912. The van der Waals surface area contributed by atoms with Crippen LogP contribution in [0, 0.1) is 0 Å². The Labute approximate surface area is 121 Å². The second-order valence-electron chi connectivity index (χ2n) is 4.25. The van der Waals surface area contributed by atoms with Crippen LogP contribution in [0.2, 0.25) is 0 Å². The average molecular weight is 307 g/mol. The third kappa shape index (κ3) is 3.93. The van der Waals surface area contributed by atoms with Crippen LogP contribution in [0.3, 0.4) is 0 Å². The summed E-state index contributed by atoms with van der Waals surface area (Å²) in [6, 6.07) is 6.41. The topological polar surface area (TPSA) is 101 Å². The SMILES string of the molecule is Cn1cc(S(=O)(=O)Nc2cccc(/C=C/C(=O)O)c2)cn1. The van der Waals surface area contributed by atoms with Gasteiger partial charge in [-0.1, -0.05) is 12.1 Å². The molecular formula is C13H13N3O4S. The molecule has 0 amide bonds. The predicted octanol–water partition coefficient (Wildman–Crippen LogP) is 1.32. The number of rotatable bonds is 5. The largest absolute Gasteiger partial charge is 0.478 e.